The molecule has 1 aromatic heterocycles. The van der Waals surface area contributed by atoms with Crippen molar-refractivity contribution >= 4 is 11.7 Å². The number of carbonyl (C=O) groups excluding carboxylic acids is 1. The molecule has 1 aromatic rings. The van der Waals surface area contributed by atoms with E-state index in [-0.39, 0.29) is 11.9 Å². The minimum atomic E-state index is -0.0806. The maximum absolute atomic E-state index is 12.0. The summed E-state index contributed by atoms with van der Waals surface area (Å²) >= 11 is 0. The van der Waals surface area contributed by atoms with Crippen molar-refractivity contribution in [3.8, 4) is 0 Å². The normalized spacial score (nSPS) is 14.0. The number of anilines is 1. The minimum absolute atomic E-state index is 0.0806. The van der Waals surface area contributed by atoms with Gasteiger partial charge in [-0.3, -0.25) is 4.79 Å². The molecular weight excluding hydrogens is 226 g/mol. The predicted octanol–water partition coefficient (Wildman–Crippen LogP) is 2.53. The largest absolute Gasteiger partial charge is 0.384 e. The summed E-state index contributed by atoms with van der Waals surface area (Å²) in [6.07, 6.45) is 2.11. The van der Waals surface area contributed by atoms with Crippen molar-refractivity contribution < 1.29 is 4.79 Å². The molecule has 2 atom stereocenters. The first-order chi connectivity index (χ1) is 8.42. The van der Waals surface area contributed by atoms with Crippen molar-refractivity contribution in [2.45, 2.75) is 46.6 Å². The van der Waals surface area contributed by atoms with Crippen LogP contribution in [0.15, 0.2) is 12.1 Å². The second-order valence-electron chi connectivity index (χ2n) is 5.05. The first-order valence-electron chi connectivity index (χ1n) is 6.47. The molecule has 2 unspecified atom stereocenters. The molecule has 4 nitrogen and oxygen atoms in total. The van der Waals surface area contributed by atoms with Gasteiger partial charge in [0.2, 0.25) is 0 Å². The van der Waals surface area contributed by atoms with Gasteiger partial charge in [-0.15, -0.1) is 0 Å². The number of hydrogen-bond donors (Lipinski definition) is 2. The molecule has 0 aliphatic heterocycles. The summed E-state index contributed by atoms with van der Waals surface area (Å²) in [6, 6.07) is 3.53. The van der Waals surface area contributed by atoms with Crippen LogP contribution < -0.4 is 11.1 Å². The Bertz CT molecular complexity index is 397. The van der Waals surface area contributed by atoms with Crippen LogP contribution in [-0.2, 0) is 0 Å². The minimum Gasteiger partial charge on any atom is -0.384 e. The Morgan fingerprint density at radius 1 is 1.44 bits per heavy atom. The van der Waals surface area contributed by atoms with Gasteiger partial charge in [0.15, 0.2) is 0 Å². The van der Waals surface area contributed by atoms with Crippen molar-refractivity contribution in [1.82, 2.24) is 10.3 Å². The number of aryl methyl sites for hydroxylation is 1. The Kier molecular flexibility index (Phi) is 5.13. The fourth-order valence-electron chi connectivity index (χ4n) is 1.96. The number of nitrogens with two attached hydrogens (primary N) is 1. The lowest BCUT2D eigenvalue weighted by atomic mass is 10.00. The molecule has 1 amide bonds. The van der Waals surface area contributed by atoms with Crippen LogP contribution in [0.1, 0.15) is 49.7 Å². The van der Waals surface area contributed by atoms with Gasteiger partial charge in [0.25, 0.3) is 5.91 Å². The maximum Gasteiger partial charge on any atom is 0.251 e. The molecule has 0 radical (unpaired) electrons. The Labute approximate surface area is 109 Å². The Morgan fingerprint density at radius 2 is 2.11 bits per heavy atom. The van der Waals surface area contributed by atoms with E-state index in [0.29, 0.717) is 17.3 Å². The number of rotatable bonds is 5. The zero-order valence-electron chi connectivity index (χ0n) is 11.7. The van der Waals surface area contributed by atoms with Crippen LogP contribution >= 0.6 is 0 Å². The Balaban J connectivity index is 2.64. The summed E-state index contributed by atoms with van der Waals surface area (Å²) in [6.45, 7) is 8.21. The first-order valence-corrected chi connectivity index (χ1v) is 6.47. The van der Waals surface area contributed by atoms with Gasteiger partial charge < -0.3 is 11.1 Å². The van der Waals surface area contributed by atoms with Crippen LogP contribution in [0, 0.1) is 12.8 Å². The fraction of sp³-hybridized carbons (Fsp3) is 0.571. The highest BCUT2D eigenvalue weighted by molar-refractivity contribution is 5.95. The molecule has 0 aliphatic rings. The molecule has 0 fully saturated rings. The third-order valence-electron chi connectivity index (χ3n) is 3.07. The number of amides is 1. The lowest BCUT2D eigenvalue weighted by molar-refractivity contribution is 0.0935. The van der Waals surface area contributed by atoms with E-state index < -0.39 is 0 Å². The van der Waals surface area contributed by atoms with Crippen molar-refractivity contribution in [2.75, 3.05) is 5.73 Å². The molecule has 100 valence electrons. The van der Waals surface area contributed by atoms with E-state index in [1.165, 1.54) is 0 Å². The molecule has 4 heteroatoms. The number of hydrogen-bond acceptors (Lipinski definition) is 3. The third kappa shape index (κ3) is 4.35. The van der Waals surface area contributed by atoms with E-state index in [9.17, 15) is 4.79 Å². The van der Waals surface area contributed by atoms with Crippen LogP contribution in [0.5, 0.6) is 0 Å². The SMILES string of the molecule is CCC(C)CC(C)NC(=O)c1cc(C)nc(N)c1. The van der Waals surface area contributed by atoms with E-state index in [1.807, 2.05) is 13.8 Å². The second kappa shape index (κ2) is 6.38. The van der Waals surface area contributed by atoms with E-state index in [4.69, 9.17) is 5.73 Å². The predicted molar refractivity (Wildman–Crippen MR) is 74.4 cm³/mol. The van der Waals surface area contributed by atoms with Gasteiger partial charge in [-0.25, -0.2) is 4.98 Å². The molecule has 0 aliphatic carbocycles. The van der Waals surface area contributed by atoms with Gasteiger partial charge in [-0.05, 0) is 38.3 Å². The lowest BCUT2D eigenvalue weighted by Gasteiger charge is -2.17. The van der Waals surface area contributed by atoms with Crippen LogP contribution in [0.2, 0.25) is 0 Å². The zero-order chi connectivity index (χ0) is 13.7. The number of carbonyl (C=O) groups is 1. The van der Waals surface area contributed by atoms with E-state index in [0.717, 1.165) is 18.5 Å². The monoisotopic (exact) mass is 249 g/mol. The molecule has 1 heterocycles. The summed E-state index contributed by atoms with van der Waals surface area (Å²) < 4.78 is 0. The van der Waals surface area contributed by atoms with Crippen molar-refractivity contribution in [3.63, 3.8) is 0 Å². The van der Waals surface area contributed by atoms with Gasteiger partial charge in [0, 0.05) is 17.3 Å². The second-order valence-corrected chi connectivity index (χ2v) is 5.05. The summed E-state index contributed by atoms with van der Waals surface area (Å²) in [7, 11) is 0. The molecule has 1 rings (SSSR count). The van der Waals surface area contributed by atoms with E-state index >= 15 is 0 Å². The van der Waals surface area contributed by atoms with Crippen LogP contribution in [-0.4, -0.2) is 16.9 Å². The summed E-state index contributed by atoms with van der Waals surface area (Å²) in [5, 5.41) is 2.99. The highest BCUT2D eigenvalue weighted by Gasteiger charge is 2.13. The molecule has 0 saturated carbocycles. The van der Waals surface area contributed by atoms with Gasteiger partial charge in [0.1, 0.15) is 5.82 Å². The number of nitrogens with zero attached hydrogens (tertiary/aromatic N) is 1. The molecular formula is C14H23N3O. The molecule has 0 spiro atoms. The summed E-state index contributed by atoms with van der Waals surface area (Å²) in [4.78, 5) is 16.1. The molecule has 0 saturated heterocycles. The van der Waals surface area contributed by atoms with Gasteiger partial charge in [0.05, 0.1) is 0 Å². The maximum atomic E-state index is 12.0. The smallest absolute Gasteiger partial charge is 0.251 e. The van der Waals surface area contributed by atoms with Crippen LogP contribution in [0.25, 0.3) is 0 Å². The Hall–Kier alpha value is -1.58. The zero-order valence-corrected chi connectivity index (χ0v) is 11.7. The molecule has 18 heavy (non-hydrogen) atoms. The third-order valence-corrected chi connectivity index (χ3v) is 3.07. The average Bonchev–Trinajstić information content (AvgIpc) is 2.27. The first kappa shape index (κ1) is 14.5. The lowest BCUT2D eigenvalue weighted by Crippen LogP contribution is -2.33. The number of aromatic nitrogens is 1. The Morgan fingerprint density at radius 3 is 2.67 bits per heavy atom. The van der Waals surface area contributed by atoms with Crippen molar-refractivity contribution in [2.24, 2.45) is 5.92 Å². The average molecular weight is 249 g/mol. The van der Waals surface area contributed by atoms with Gasteiger partial charge >= 0.3 is 0 Å². The van der Waals surface area contributed by atoms with Crippen LogP contribution in [0.4, 0.5) is 5.82 Å². The molecule has 3 N–H and O–H groups in total. The van der Waals surface area contributed by atoms with Crippen molar-refractivity contribution in [3.05, 3.63) is 23.4 Å². The highest BCUT2D eigenvalue weighted by atomic mass is 16.1. The number of nitrogen functional groups attached to an aromatic ring is 1. The van der Waals surface area contributed by atoms with E-state index in [1.54, 1.807) is 12.1 Å². The van der Waals surface area contributed by atoms with Crippen LogP contribution in [0.3, 0.4) is 0 Å². The van der Waals surface area contributed by atoms with Crippen molar-refractivity contribution in [1.29, 1.82) is 0 Å². The number of nitrogens with one attached hydrogen (secondary N) is 1. The topological polar surface area (TPSA) is 68.0 Å². The van der Waals surface area contributed by atoms with Gasteiger partial charge in [-0.1, -0.05) is 20.3 Å². The number of pyridine rings is 1. The fourth-order valence-corrected chi connectivity index (χ4v) is 1.96. The quantitative estimate of drug-likeness (QED) is 0.842. The highest BCUT2D eigenvalue weighted by Crippen LogP contribution is 2.11. The van der Waals surface area contributed by atoms with E-state index in [2.05, 4.69) is 24.1 Å². The molecule has 0 bridgehead atoms. The van der Waals surface area contributed by atoms with Gasteiger partial charge in [-0.2, -0.15) is 0 Å². The standard InChI is InChI=1S/C14H23N3O/c1-5-9(2)6-10(3)17-14(18)12-7-11(4)16-13(15)8-12/h7-10H,5-6H2,1-4H3,(H2,15,16)(H,17,18). The summed E-state index contributed by atoms with van der Waals surface area (Å²) in [5.74, 6) is 0.919. The summed E-state index contributed by atoms with van der Waals surface area (Å²) in [5.41, 5.74) is 6.98. The molecule has 0 aromatic carbocycles.